The van der Waals surface area contributed by atoms with E-state index in [0.717, 1.165) is 0 Å². The third-order valence-electron chi connectivity index (χ3n) is 6.08. The van der Waals surface area contributed by atoms with Crippen molar-refractivity contribution in [1.29, 1.82) is 0 Å². The third-order valence-corrected chi connectivity index (χ3v) is 10.6. The Bertz CT molecular complexity index is 744. The Morgan fingerprint density at radius 3 is 2.37 bits per heavy atom. The first kappa shape index (κ1) is 23.4. The summed E-state index contributed by atoms with van der Waals surface area (Å²) in [5.41, 5.74) is 0.418. The summed E-state index contributed by atoms with van der Waals surface area (Å²) in [6, 6.07) is 8.69. The first-order valence-electron chi connectivity index (χ1n) is 10.4. The number of ether oxygens (including phenoxy) is 4. The Morgan fingerprint density at radius 2 is 1.77 bits per heavy atom. The molecule has 0 unspecified atom stereocenters. The van der Waals surface area contributed by atoms with E-state index in [1.807, 2.05) is 6.07 Å². The van der Waals surface area contributed by atoms with Crippen molar-refractivity contribution in [3.63, 3.8) is 0 Å². The van der Waals surface area contributed by atoms with E-state index < -0.39 is 50.8 Å². The minimum Gasteiger partial charge on any atom is -0.429 e. The molecule has 1 N–H and O–H groups in total. The fraction of sp³-hybridized carbons (Fsp3) is 0.682. The molecule has 2 saturated heterocycles. The highest BCUT2D eigenvalue weighted by atomic mass is 28.4. The molecular weight excluding hydrogens is 404 g/mol. The number of aliphatic hydroxyl groups excluding tert-OH is 1. The molecule has 0 bridgehead atoms. The number of hydrogen-bond donors (Lipinski definition) is 1. The van der Waals surface area contributed by atoms with Gasteiger partial charge in [0.25, 0.3) is 0 Å². The molecule has 2 aliphatic rings. The zero-order valence-corrected chi connectivity index (χ0v) is 19.9. The smallest absolute Gasteiger partial charge is 0.340 e. The van der Waals surface area contributed by atoms with Crippen molar-refractivity contribution in [2.45, 2.75) is 89.2 Å². The predicted molar refractivity (Wildman–Crippen MR) is 113 cm³/mol. The third kappa shape index (κ3) is 4.95. The molecule has 30 heavy (non-hydrogen) atoms. The van der Waals surface area contributed by atoms with Gasteiger partial charge in [0, 0.05) is 0 Å². The van der Waals surface area contributed by atoms with Crippen LogP contribution in [-0.4, -0.2) is 62.5 Å². The summed E-state index contributed by atoms with van der Waals surface area (Å²) in [5, 5.41) is 10.9. The van der Waals surface area contributed by atoms with Crippen LogP contribution in [0.2, 0.25) is 18.1 Å². The lowest BCUT2D eigenvalue weighted by molar-refractivity contribution is -0.231. The molecule has 1 aromatic carbocycles. The van der Waals surface area contributed by atoms with Crippen molar-refractivity contribution in [1.82, 2.24) is 0 Å². The van der Waals surface area contributed by atoms with Gasteiger partial charge < -0.3 is 28.5 Å². The molecule has 0 amide bonds. The average Bonchev–Trinajstić information content (AvgIpc) is 3.13. The first-order chi connectivity index (χ1) is 13.8. The number of rotatable bonds is 6. The predicted octanol–water partition coefficient (Wildman–Crippen LogP) is 3.47. The molecule has 3 rings (SSSR count). The van der Waals surface area contributed by atoms with E-state index in [1.54, 1.807) is 38.1 Å². The molecule has 2 heterocycles. The van der Waals surface area contributed by atoms with Gasteiger partial charge in [-0.25, -0.2) is 4.79 Å². The highest BCUT2D eigenvalue weighted by Gasteiger charge is 2.58. The number of hydrogen-bond acceptors (Lipinski definition) is 7. The van der Waals surface area contributed by atoms with Crippen LogP contribution < -0.4 is 0 Å². The summed E-state index contributed by atoms with van der Waals surface area (Å²) >= 11 is 0. The highest BCUT2D eigenvalue weighted by molar-refractivity contribution is 6.74. The Labute approximate surface area is 179 Å². The van der Waals surface area contributed by atoms with Crippen LogP contribution in [0.1, 0.15) is 45.0 Å². The van der Waals surface area contributed by atoms with E-state index in [-0.39, 0.29) is 11.6 Å². The van der Waals surface area contributed by atoms with E-state index in [4.69, 9.17) is 23.4 Å². The van der Waals surface area contributed by atoms with E-state index in [0.29, 0.717) is 5.56 Å². The summed E-state index contributed by atoms with van der Waals surface area (Å²) in [5.74, 6) is -1.38. The number of fused-ring (bicyclic) bond motifs is 1. The second-order valence-electron chi connectivity index (χ2n) is 9.94. The van der Waals surface area contributed by atoms with E-state index in [2.05, 4.69) is 33.9 Å². The zero-order valence-electron chi connectivity index (χ0n) is 18.9. The molecule has 8 heteroatoms. The maximum atomic E-state index is 12.5. The average molecular weight is 439 g/mol. The van der Waals surface area contributed by atoms with Gasteiger partial charge in [-0.3, -0.25) is 0 Å². The Morgan fingerprint density at radius 1 is 1.17 bits per heavy atom. The number of esters is 1. The molecule has 1 aromatic rings. The lowest BCUT2D eigenvalue weighted by atomic mass is 10.1. The van der Waals surface area contributed by atoms with E-state index in [1.165, 1.54) is 0 Å². The van der Waals surface area contributed by atoms with Crippen LogP contribution >= 0.6 is 0 Å². The lowest BCUT2D eigenvalue weighted by Gasteiger charge is -2.37. The second kappa shape index (κ2) is 8.33. The molecule has 0 radical (unpaired) electrons. The van der Waals surface area contributed by atoms with Gasteiger partial charge in [-0.05, 0) is 44.1 Å². The lowest BCUT2D eigenvalue weighted by Crippen LogP contribution is -2.46. The monoisotopic (exact) mass is 438 g/mol. The topological polar surface area (TPSA) is 83.5 Å². The molecule has 0 saturated carbocycles. The van der Waals surface area contributed by atoms with Crippen LogP contribution in [-0.2, 0) is 23.4 Å². The molecule has 2 fully saturated rings. The summed E-state index contributed by atoms with van der Waals surface area (Å²) in [6.07, 6.45) is -3.83. The summed E-state index contributed by atoms with van der Waals surface area (Å²) in [6.45, 7) is 14.4. The minimum absolute atomic E-state index is 0.0223. The largest absolute Gasteiger partial charge is 0.429 e. The second-order valence-corrected chi connectivity index (χ2v) is 14.8. The van der Waals surface area contributed by atoms with Crippen LogP contribution in [0.5, 0.6) is 0 Å². The van der Waals surface area contributed by atoms with Crippen molar-refractivity contribution < 1.29 is 33.3 Å². The highest BCUT2D eigenvalue weighted by Crippen LogP contribution is 2.41. The van der Waals surface area contributed by atoms with Crippen LogP contribution in [0.4, 0.5) is 0 Å². The van der Waals surface area contributed by atoms with Gasteiger partial charge >= 0.3 is 5.97 Å². The van der Waals surface area contributed by atoms with Crippen molar-refractivity contribution in [3.05, 3.63) is 35.9 Å². The fourth-order valence-corrected chi connectivity index (χ4v) is 4.37. The SMILES string of the molecule is CC1(C)O[C@@H]2[C@H](O1)[C@@H](OC(=O)c1ccccc1)O[C@@H]2[C@H](O)CO[Si](C)(C)C(C)(C)C. The molecule has 168 valence electrons. The Hall–Kier alpha value is -1.29. The first-order valence-corrected chi connectivity index (χ1v) is 13.3. The van der Waals surface area contributed by atoms with Crippen molar-refractivity contribution in [2.24, 2.45) is 0 Å². The number of carbonyl (C=O) groups excluding carboxylic acids is 1. The maximum absolute atomic E-state index is 12.5. The Balaban J connectivity index is 1.70. The molecule has 5 atom stereocenters. The number of benzene rings is 1. The molecule has 0 aliphatic carbocycles. The quantitative estimate of drug-likeness (QED) is 0.538. The van der Waals surface area contributed by atoms with Crippen molar-refractivity contribution in [3.8, 4) is 0 Å². The summed E-state index contributed by atoms with van der Waals surface area (Å²) < 4.78 is 29.6. The van der Waals surface area contributed by atoms with Gasteiger partial charge in [0.1, 0.15) is 18.3 Å². The van der Waals surface area contributed by atoms with Crippen LogP contribution in [0.3, 0.4) is 0 Å². The summed E-state index contributed by atoms with van der Waals surface area (Å²) in [7, 11) is -2.04. The van der Waals surface area contributed by atoms with E-state index >= 15 is 0 Å². The van der Waals surface area contributed by atoms with Crippen LogP contribution in [0.25, 0.3) is 0 Å². The normalized spacial score (nSPS) is 29.5. The number of aliphatic hydroxyl groups is 1. The van der Waals surface area contributed by atoms with Gasteiger partial charge in [0.15, 0.2) is 20.2 Å². The molecule has 7 nitrogen and oxygen atoms in total. The molecule has 0 spiro atoms. The van der Waals surface area contributed by atoms with Gasteiger partial charge in [-0.2, -0.15) is 0 Å². The molecular formula is C22H34O7Si. The zero-order chi connectivity index (χ0) is 22.3. The molecule has 0 aromatic heterocycles. The Kier molecular flexibility index (Phi) is 6.49. The van der Waals surface area contributed by atoms with Gasteiger partial charge in [0.2, 0.25) is 6.29 Å². The summed E-state index contributed by atoms with van der Waals surface area (Å²) in [4.78, 5) is 12.5. The van der Waals surface area contributed by atoms with Gasteiger partial charge in [-0.1, -0.05) is 39.0 Å². The van der Waals surface area contributed by atoms with Gasteiger partial charge in [0.05, 0.1) is 12.2 Å². The standard InChI is InChI=1S/C22H34O7Si/c1-21(2,3)30(6,7)25-13-15(23)16-17-18(29-22(4,5)28-17)20(26-16)27-19(24)14-11-9-8-10-12-14/h8-12,15-18,20,23H,13H2,1-7H3/t15-,16-,17+,18+,20-/m1/s1. The van der Waals surface area contributed by atoms with Gasteiger partial charge in [-0.15, -0.1) is 0 Å². The van der Waals surface area contributed by atoms with Crippen LogP contribution in [0, 0.1) is 0 Å². The molecule has 2 aliphatic heterocycles. The van der Waals surface area contributed by atoms with E-state index in [9.17, 15) is 9.90 Å². The maximum Gasteiger partial charge on any atom is 0.340 e. The fourth-order valence-electron chi connectivity index (χ4n) is 3.35. The van der Waals surface area contributed by atoms with Crippen LogP contribution in [0.15, 0.2) is 30.3 Å². The van der Waals surface area contributed by atoms with Crippen molar-refractivity contribution >= 4 is 14.3 Å². The van der Waals surface area contributed by atoms with Crippen molar-refractivity contribution in [2.75, 3.05) is 6.61 Å². The number of carbonyl (C=O) groups is 1. The minimum atomic E-state index is -2.04.